The summed E-state index contributed by atoms with van der Waals surface area (Å²) in [5, 5.41) is 13.7. The smallest absolute Gasteiger partial charge is 0.272 e. The fourth-order valence-electron chi connectivity index (χ4n) is 4.61. The summed E-state index contributed by atoms with van der Waals surface area (Å²) in [7, 11) is 0. The van der Waals surface area contributed by atoms with Gasteiger partial charge >= 0.3 is 0 Å². The normalized spacial score (nSPS) is 26.8. The molecule has 3 atom stereocenters. The van der Waals surface area contributed by atoms with E-state index in [1.165, 1.54) is 12.4 Å². The summed E-state index contributed by atoms with van der Waals surface area (Å²) in [5.74, 6) is -3.28. The lowest BCUT2D eigenvalue weighted by atomic mass is 9.84. The second kappa shape index (κ2) is 9.26. The van der Waals surface area contributed by atoms with Gasteiger partial charge in [-0.3, -0.25) is 9.89 Å². The van der Waals surface area contributed by atoms with Crippen molar-refractivity contribution in [3.05, 3.63) is 40.2 Å². The highest BCUT2D eigenvalue weighted by atomic mass is 35.5. The molecule has 2 aliphatic heterocycles. The number of ether oxygens (including phenoxy) is 1. The minimum atomic E-state index is -2.83. The van der Waals surface area contributed by atoms with Gasteiger partial charge in [-0.05, 0) is 30.7 Å². The summed E-state index contributed by atoms with van der Waals surface area (Å²) < 4.78 is 48.3. The first-order valence-electron chi connectivity index (χ1n) is 11.3. The van der Waals surface area contributed by atoms with Crippen LogP contribution in [0.3, 0.4) is 0 Å². The zero-order chi connectivity index (χ0) is 24.7. The fraction of sp³-hybridized carbons (Fsp3) is 0.478. The number of nitriles is 1. The van der Waals surface area contributed by atoms with E-state index in [4.69, 9.17) is 22.1 Å². The zero-order valence-corrected chi connectivity index (χ0v) is 19.4. The number of hydrogen-bond donors (Lipinski definition) is 1. The summed E-state index contributed by atoms with van der Waals surface area (Å²) in [6.45, 7) is 2.24. The molecule has 3 heterocycles. The number of hydrogen-bond acceptors (Lipinski definition) is 6. The number of likely N-dealkylation sites (tertiary alicyclic amines) is 1. The number of nitrogens with zero attached hydrogens (tertiary/aromatic N) is 6. The molecule has 12 heteroatoms. The maximum atomic E-state index is 15.2. The van der Waals surface area contributed by atoms with Gasteiger partial charge in [-0.25, -0.2) is 22.8 Å². The molecule has 0 radical (unpaired) electrons. The van der Waals surface area contributed by atoms with E-state index < -0.39 is 24.1 Å². The van der Waals surface area contributed by atoms with Gasteiger partial charge in [0.1, 0.15) is 17.9 Å². The Labute approximate surface area is 204 Å². The van der Waals surface area contributed by atoms with E-state index in [2.05, 4.69) is 26.1 Å². The minimum Gasteiger partial charge on any atom is -0.390 e. The Morgan fingerprint density at radius 3 is 2.66 bits per heavy atom. The van der Waals surface area contributed by atoms with E-state index >= 15 is 4.39 Å². The number of rotatable bonds is 6. The van der Waals surface area contributed by atoms with E-state index in [1.807, 2.05) is 0 Å². The molecule has 35 heavy (non-hydrogen) atoms. The zero-order valence-electron chi connectivity index (χ0n) is 18.6. The van der Waals surface area contributed by atoms with Gasteiger partial charge in [0.2, 0.25) is 0 Å². The molecule has 3 fully saturated rings. The Bertz CT molecular complexity index is 1220. The first kappa shape index (κ1) is 23.8. The van der Waals surface area contributed by atoms with Gasteiger partial charge in [-0.15, -0.1) is 0 Å². The Morgan fingerprint density at radius 2 is 2.06 bits per heavy atom. The average molecular weight is 506 g/mol. The van der Waals surface area contributed by atoms with Gasteiger partial charge in [-0.2, -0.15) is 10.4 Å². The number of piperidine rings is 1. The molecule has 3 unspecified atom stereocenters. The van der Waals surface area contributed by atoms with Crippen molar-refractivity contribution in [1.82, 2.24) is 14.7 Å². The molecule has 0 amide bonds. The lowest BCUT2D eigenvalue weighted by Gasteiger charge is -2.43. The quantitative estimate of drug-likeness (QED) is 0.474. The maximum absolute atomic E-state index is 15.2. The number of aromatic nitrogens is 2. The molecule has 5 rings (SSSR count). The highest BCUT2D eigenvalue weighted by molar-refractivity contribution is 6.32. The maximum Gasteiger partial charge on any atom is 0.272 e. The van der Waals surface area contributed by atoms with Crippen molar-refractivity contribution in [3.63, 3.8) is 0 Å². The van der Waals surface area contributed by atoms with Crippen LogP contribution >= 0.6 is 11.6 Å². The highest BCUT2D eigenvalue weighted by Crippen LogP contribution is 2.53. The standard InChI is InChI=1S/C23H23ClF3N7O/c24-22-20(8-32-34(22)21-5-23(21,26)27)30-7-14-3-13(6-28)17(4-19(14)31-12-29)16-1-2-33(9-18(16)25)15-10-35-11-15/h3-4,7-8,12,15-16,18,21H,1-2,5,9-11H2,(H2,29,31). The van der Waals surface area contributed by atoms with E-state index in [1.54, 1.807) is 12.1 Å². The van der Waals surface area contributed by atoms with Crippen molar-refractivity contribution in [1.29, 1.82) is 5.26 Å². The van der Waals surface area contributed by atoms with Crippen molar-refractivity contribution in [2.24, 2.45) is 15.7 Å². The van der Waals surface area contributed by atoms with E-state index in [0.29, 0.717) is 48.6 Å². The third-order valence-electron chi connectivity index (χ3n) is 6.79. The summed E-state index contributed by atoms with van der Waals surface area (Å²) in [4.78, 5) is 10.5. The number of halogens is 4. The lowest BCUT2D eigenvalue weighted by Crippen LogP contribution is -2.54. The molecule has 1 saturated carbocycles. The molecular weight excluding hydrogens is 483 g/mol. The number of nitrogens with two attached hydrogens (primary N) is 1. The molecule has 0 bridgehead atoms. The van der Waals surface area contributed by atoms with Gasteiger partial charge in [0, 0.05) is 30.7 Å². The molecular formula is C23H23ClF3N7O. The summed E-state index contributed by atoms with van der Waals surface area (Å²) in [6, 6.07) is 4.58. The van der Waals surface area contributed by atoms with Crippen LogP contribution in [-0.2, 0) is 4.74 Å². The van der Waals surface area contributed by atoms with Crippen LogP contribution in [-0.4, -0.2) is 71.7 Å². The summed E-state index contributed by atoms with van der Waals surface area (Å²) >= 11 is 6.20. The van der Waals surface area contributed by atoms with Crippen molar-refractivity contribution < 1.29 is 17.9 Å². The van der Waals surface area contributed by atoms with Gasteiger partial charge in [0.05, 0.1) is 49.1 Å². The molecule has 184 valence electrons. The average Bonchev–Trinajstić information content (AvgIpc) is 3.26. The topological polar surface area (TPSA) is 105 Å². The van der Waals surface area contributed by atoms with Crippen LogP contribution in [0.2, 0.25) is 5.15 Å². The lowest BCUT2D eigenvalue weighted by molar-refractivity contribution is -0.0807. The number of benzene rings is 1. The van der Waals surface area contributed by atoms with Gasteiger partial charge in [0.25, 0.3) is 5.92 Å². The number of alkyl halides is 3. The molecule has 1 aliphatic carbocycles. The van der Waals surface area contributed by atoms with Crippen LogP contribution in [0.1, 0.15) is 41.5 Å². The summed E-state index contributed by atoms with van der Waals surface area (Å²) in [5.41, 5.74) is 7.48. The fourth-order valence-corrected chi connectivity index (χ4v) is 4.87. The number of aliphatic imine (C=N–C) groups is 2. The monoisotopic (exact) mass is 505 g/mol. The summed E-state index contributed by atoms with van der Waals surface area (Å²) in [6.07, 6.45) is 2.92. The third-order valence-corrected chi connectivity index (χ3v) is 7.16. The van der Waals surface area contributed by atoms with Crippen LogP contribution in [0, 0.1) is 11.3 Å². The van der Waals surface area contributed by atoms with Gasteiger partial charge < -0.3 is 10.5 Å². The van der Waals surface area contributed by atoms with E-state index in [-0.39, 0.29) is 29.8 Å². The molecule has 0 spiro atoms. The molecule has 8 nitrogen and oxygen atoms in total. The minimum absolute atomic E-state index is 0.00618. The Hall–Kier alpha value is -2.94. The first-order valence-corrected chi connectivity index (χ1v) is 11.6. The predicted molar refractivity (Wildman–Crippen MR) is 125 cm³/mol. The van der Waals surface area contributed by atoms with Crippen molar-refractivity contribution in [2.45, 2.75) is 42.9 Å². The molecule has 2 saturated heterocycles. The van der Waals surface area contributed by atoms with Crippen LogP contribution < -0.4 is 5.73 Å². The second-order valence-corrected chi connectivity index (χ2v) is 9.35. The largest absolute Gasteiger partial charge is 0.390 e. The van der Waals surface area contributed by atoms with Crippen LogP contribution in [0.4, 0.5) is 24.5 Å². The molecule has 1 aromatic carbocycles. The third kappa shape index (κ3) is 4.53. The van der Waals surface area contributed by atoms with Crippen LogP contribution in [0.15, 0.2) is 28.3 Å². The SMILES string of the molecule is N#Cc1cc(C=Nc2cnn(C3CC3(F)F)c2Cl)c(N=CN)cc1C1CCN(C2COC2)CC1F. The van der Waals surface area contributed by atoms with Crippen molar-refractivity contribution in [3.8, 4) is 6.07 Å². The Kier molecular flexibility index (Phi) is 6.29. The molecule has 2 N–H and O–H groups in total. The molecule has 3 aliphatic rings. The second-order valence-electron chi connectivity index (χ2n) is 8.99. The van der Waals surface area contributed by atoms with Crippen LogP contribution in [0.5, 0.6) is 0 Å². The molecule has 1 aromatic heterocycles. The Balaban J connectivity index is 1.41. The first-order chi connectivity index (χ1) is 16.8. The Morgan fingerprint density at radius 1 is 1.29 bits per heavy atom. The van der Waals surface area contributed by atoms with E-state index in [9.17, 15) is 14.0 Å². The van der Waals surface area contributed by atoms with Crippen LogP contribution in [0.25, 0.3) is 0 Å². The highest BCUT2D eigenvalue weighted by Gasteiger charge is 2.59. The molecule has 2 aromatic rings. The van der Waals surface area contributed by atoms with E-state index in [0.717, 1.165) is 11.0 Å². The van der Waals surface area contributed by atoms with Gasteiger partial charge in [-0.1, -0.05) is 11.6 Å². The van der Waals surface area contributed by atoms with Crippen molar-refractivity contribution in [2.75, 3.05) is 26.3 Å². The van der Waals surface area contributed by atoms with Crippen molar-refractivity contribution >= 4 is 35.5 Å². The predicted octanol–water partition coefficient (Wildman–Crippen LogP) is 3.88. The van der Waals surface area contributed by atoms with Gasteiger partial charge in [0.15, 0.2) is 5.15 Å².